The second kappa shape index (κ2) is 6.30. The van der Waals surface area contributed by atoms with Crippen molar-refractivity contribution in [1.82, 2.24) is 9.88 Å². The highest BCUT2D eigenvalue weighted by atomic mass is 16.6. The molecule has 3 rings (SSSR count). The molecule has 0 bridgehead atoms. The summed E-state index contributed by atoms with van der Waals surface area (Å²) in [4.78, 5) is 27.1. The number of aromatic nitrogens is 1. The molecule has 1 saturated heterocycles. The molecule has 0 radical (unpaired) electrons. The third-order valence-electron chi connectivity index (χ3n) is 3.40. The first-order valence-corrected chi connectivity index (χ1v) is 7.00. The smallest absolute Gasteiger partial charge is 0.410 e. The Labute approximate surface area is 131 Å². The van der Waals surface area contributed by atoms with Crippen molar-refractivity contribution in [3.05, 3.63) is 58.3 Å². The SMILES string of the molecule is O=C1OCCN1Cc1ccc(Nc2ccc([N+](=O)[O-])cn2)cc1. The number of nitrogens with zero attached hydrogens (tertiary/aromatic N) is 3. The molecule has 2 aromatic rings. The number of cyclic esters (lactones) is 1. The van der Waals surface area contributed by atoms with E-state index in [0.717, 1.165) is 11.3 Å². The number of anilines is 2. The Kier molecular flexibility index (Phi) is 4.05. The molecule has 0 unspecified atom stereocenters. The summed E-state index contributed by atoms with van der Waals surface area (Å²) < 4.78 is 4.89. The van der Waals surface area contributed by atoms with Crippen molar-refractivity contribution < 1.29 is 14.5 Å². The van der Waals surface area contributed by atoms with Crippen molar-refractivity contribution in [3.8, 4) is 0 Å². The number of rotatable bonds is 5. The van der Waals surface area contributed by atoms with Crippen molar-refractivity contribution in [2.45, 2.75) is 6.54 Å². The first-order chi connectivity index (χ1) is 11.1. The van der Waals surface area contributed by atoms with Crippen LogP contribution in [0.2, 0.25) is 0 Å². The summed E-state index contributed by atoms with van der Waals surface area (Å²) in [6.45, 7) is 1.55. The summed E-state index contributed by atoms with van der Waals surface area (Å²) in [6.07, 6.45) is 0.915. The predicted octanol–water partition coefficient (Wildman–Crippen LogP) is 2.69. The van der Waals surface area contributed by atoms with E-state index in [1.54, 1.807) is 11.0 Å². The van der Waals surface area contributed by atoms with Crippen LogP contribution in [0.15, 0.2) is 42.6 Å². The standard InChI is InChI=1S/C15H14N4O4/c20-15-18(7-8-23-15)10-11-1-3-12(4-2-11)17-14-6-5-13(9-16-14)19(21)22/h1-6,9H,7-8,10H2,(H,16,17). The average molecular weight is 314 g/mol. The van der Waals surface area contributed by atoms with Gasteiger partial charge in [-0.05, 0) is 23.8 Å². The van der Waals surface area contributed by atoms with Gasteiger partial charge in [0.15, 0.2) is 0 Å². The average Bonchev–Trinajstić information content (AvgIpc) is 2.95. The minimum atomic E-state index is -0.491. The number of hydrogen-bond donors (Lipinski definition) is 1. The number of pyridine rings is 1. The molecule has 8 nitrogen and oxygen atoms in total. The van der Waals surface area contributed by atoms with Crippen molar-refractivity contribution in [1.29, 1.82) is 0 Å². The highest BCUT2D eigenvalue weighted by Gasteiger charge is 2.21. The number of nitro groups is 1. The van der Waals surface area contributed by atoms with Crippen LogP contribution in [0.5, 0.6) is 0 Å². The Hall–Kier alpha value is -3.16. The monoisotopic (exact) mass is 314 g/mol. The molecule has 1 aromatic heterocycles. The van der Waals surface area contributed by atoms with Gasteiger partial charge in [-0.1, -0.05) is 12.1 Å². The second-order valence-corrected chi connectivity index (χ2v) is 5.02. The van der Waals surface area contributed by atoms with Crippen molar-refractivity contribution in [2.75, 3.05) is 18.5 Å². The van der Waals surface area contributed by atoms with Crippen LogP contribution in [-0.2, 0) is 11.3 Å². The second-order valence-electron chi connectivity index (χ2n) is 5.02. The summed E-state index contributed by atoms with van der Waals surface area (Å²) in [5.41, 5.74) is 1.74. The van der Waals surface area contributed by atoms with Crippen LogP contribution < -0.4 is 5.32 Å². The van der Waals surface area contributed by atoms with Crippen LogP contribution in [-0.4, -0.2) is 34.1 Å². The molecule has 0 aliphatic carbocycles. The summed E-state index contributed by atoms with van der Waals surface area (Å²) in [7, 11) is 0. The fourth-order valence-electron chi connectivity index (χ4n) is 2.20. The molecule has 1 N–H and O–H groups in total. The molecule has 0 spiro atoms. The van der Waals surface area contributed by atoms with Gasteiger partial charge in [-0.3, -0.25) is 10.1 Å². The van der Waals surface area contributed by atoms with Crippen molar-refractivity contribution in [2.24, 2.45) is 0 Å². The molecule has 1 amide bonds. The maximum Gasteiger partial charge on any atom is 0.410 e. The molecule has 0 saturated carbocycles. The molecule has 23 heavy (non-hydrogen) atoms. The van der Waals surface area contributed by atoms with Gasteiger partial charge in [0.05, 0.1) is 11.5 Å². The van der Waals surface area contributed by atoms with Crippen LogP contribution >= 0.6 is 0 Å². The number of amides is 1. The van der Waals surface area contributed by atoms with E-state index in [4.69, 9.17) is 4.74 Å². The Bertz CT molecular complexity index is 715. The van der Waals surface area contributed by atoms with E-state index in [-0.39, 0.29) is 11.8 Å². The van der Waals surface area contributed by atoms with E-state index in [0.29, 0.717) is 25.5 Å². The largest absolute Gasteiger partial charge is 0.448 e. The zero-order valence-electron chi connectivity index (χ0n) is 12.1. The molecule has 1 aromatic carbocycles. The Balaban J connectivity index is 1.62. The molecule has 0 atom stereocenters. The van der Waals surface area contributed by atoms with Gasteiger partial charge in [-0.15, -0.1) is 0 Å². The van der Waals surface area contributed by atoms with E-state index in [2.05, 4.69) is 10.3 Å². The Morgan fingerprint density at radius 1 is 1.26 bits per heavy atom. The number of hydrogen-bond acceptors (Lipinski definition) is 6. The quantitative estimate of drug-likeness (QED) is 0.673. The zero-order valence-corrected chi connectivity index (χ0v) is 12.1. The molecular formula is C15H14N4O4. The normalized spacial score (nSPS) is 13.7. The van der Waals surface area contributed by atoms with Gasteiger partial charge >= 0.3 is 6.09 Å². The molecular weight excluding hydrogens is 300 g/mol. The number of carbonyl (C=O) groups is 1. The number of benzene rings is 1. The van der Waals surface area contributed by atoms with Crippen LogP contribution in [0.25, 0.3) is 0 Å². The molecule has 2 heterocycles. The van der Waals surface area contributed by atoms with Gasteiger partial charge in [0.2, 0.25) is 0 Å². The number of ether oxygens (including phenoxy) is 1. The molecule has 118 valence electrons. The lowest BCUT2D eigenvalue weighted by atomic mass is 10.2. The molecule has 8 heteroatoms. The van der Waals surface area contributed by atoms with Gasteiger partial charge in [-0.2, -0.15) is 0 Å². The molecule has 1 aliphatic heterocycles. The third kappa shape index (κ3) is 3.54. The number of nitrogens with one attached hydrogen (secondary N) is 1. The highest BCUT2D eigenvalue weighted by molar-refractivity contribution is 5.69. The van der Waals surface area contributed by atoms with E-state index in [1.165, 1.54) is 12.3 Å². The molecule has 1 aliphatic rings. The topological polar surface area (TPSA) is 97.6 Å². The van der Waals surface area contributed by atoms with Gasteiger partial charge in [0, 0.05) is 18.3 Å². The maximum atomic E-state index is 11.4. The summed E-state index contributed by atoms with van der Waals surface area (Å²) in [5, 5.41) is 13.6. The van der Waals surface area contributed by atoms with Gasteiger partial charge in [0.1, 0.15) is 18.6 Å². The first-order valence-electron chi connectivity index (χ1n) is 7.00. The minimum absolute atomic E-state index is 0.0524. The number of carbonyl (C=O) groups excluding carboxylic acids is 1. The van der Waals surface area contributed by atoms with E-state index >= 15 is 0 Å². The predicted molar refractivity (Wildman–Crippen MR) is 82.4 cm³/mol. The van der Waals surface area contributed by atoms with E-state index in [9.17, 15) is 14.9 Å². The summed E-state index contributed by atoms with van der Waals surface area (Å²) >= 11 is 0. The third-order valence-corrected chi connectivity index (χ3v) is 3.40. The Morgan fingerprint density at radius 2 is 2.04 bits per heavy atom. The van der Waals surface area contributed by atoms with Crippen LogP contribution in [0.1, 0.15) is 5.56 Å². The van der Waals surface area contributed by atoms with Crippen LogP contribution in [0.3, 0.4) is 0 Å². The van der Waals surface area contributed by atoms with E-state index < -0.39 is 4.92 Å². The maximum absolute atomic E-state index is 11.4. The first kappa shape index (κ1) is 14.8. The van der Waals surface area contributed by atoms with Crippen molar-refractivity contribution in [3.63, 3.8) is 0 Å². The van der Waals surface area contributed by atoms with Gasteiger partial charge in [0.25, 0.3) is 5.69 Å². The van der Waals surface area contributed by atoms with Gasteiger partial charge in [-0.25, -0.2) is 9.78 Å². The Morgan fingerprint density at radius 3 is 2.61 bits per heavy atom. The molecule has 1 fully saturated rings. The summed E-state index contributed by atoms with van der Waals surface area (Å²) in [6, 6.07) is 10.5. The fraction of sp³-hybridized carbons (Fsp3) is 0.200. The zero-order chi connectivity index (χ0) is 16.2. The fourth-order valence-corrected chi connectivity index (χ4v) is 2.20. The van der Waals surface area contributed by atoms with Crippen LogP contribution in [0.4, 0.5) is 22.0 Å². The van der Waals surface area contributed by atoms with E-state index in [1.807, 2.05) is 24.3 Å². The lowest BCUT2D eigenvalue weighted by Crippen LogP contribution is -2.23. The minimum Gasteiger partial charge on any atom is -0.448 e. The van der Waals surface area contributed by atoms with Crippen LogP contribution in [0, 0.1) is 10.1 Å². The van der Waals surface area contributed by atoms with Gasteiger partial charge < -0.3 is 15.0 Å². The lowest BCUT2D eigenvalue weighted by Gasteiger charge is -2.13. The summed E-state index contributed by atoms with van der Waals surface area (Å²) in [5.74, 6) is 0.520. The highest BCUT2D eigenvalue weighted by Crippen LogP contribution is 2.19. The van der Waals surface area contributed by atoms with Crippen molar-refractivity contribution >= 4 is 23.3 Å². The lowest BCUT2D eigenvalue weighted by molar-refractivity contribution is -0.385.